The van der Waals surface area contributed by atoms with Crippen molar-refractivity contribution in [1.82, 2.24) is 4.98 Å². The Labute approximate surface area is 115 Å². The molecule has 6 heteroatoms. The van der Waals surface area contributed by atoms with E-state index >= 15 is 0 Å². The van der Waals surface area contributed by atoms with E-state index in [4.69, 9.17) is 5.11 Å². The summed E-state index contributed by atoms with van der Waals surface area (Å²) in [6.07, 6.45) is 1.63. The van der Waals surface area contributed by atoms with E-state index in [2.05, 4.69) is 10.3 Å². The SMILES string of the molecule is CS(=O)CCNc1cc(C(=O)O)cc(C(C)(C)C)n1. The molecule has 0 aliphatic heterocycles. The molecule has 1 unspecified atom stereocenters. The average Bonchev–Trinajstić information content (AvgIpc) is 2.26. The summed E-state index contributed by atoms with van der Waals surface area (Å²) in [5.74, 6) is 0.0365. The van der Waals surface area contributed by atoms with E-state index in [0.717, 1.165) is 0 Å². The van der Waals surface area contributed by atoms with Crippen molar-refractivity contribution >= 4 is 22.6 Å². The molecule has 106 valence electrons. The Morgan fingerprint density at radius 1 is 1.42 bits per heavy atom. The molecule has 1 aromatic heterocycles. The summed E-state index contributed by atoms with van der Waals surface area (Å²) in [5, 5.41) is 12.1. The van der Waals surface area contributed by atoms with Crippen LogP contribution in [0.2, 0.25) is 0 Å². The van der Waals surface area contributed by atoms with Crippen molar-refractivity contribution in [3.05, 3.63) is 23.4 Å². The smallest absolute Gasteiger partial charge is 0.335 e. The average molecular weight is 284 g/mol. The van der Waals surface area contributed by atoms with Gasteiger partial charge in [-0.15, -0.1) is 0 Å². The third kappa shape index (κ3) is 4.98. The first kappa shape index (κ1) is 15.6. The summed E-state index contributed by atoms with van der Waals surface area (Å²) < 4.78 is 11.0. The quantitative estimate of drug-likeness (QED) is 0.863. The fourth-order valence-electron chi connectivity index (χ4n) is 1.45. The highest BCUT2D eigenvalue weighted by Crippen LogP contribution is 2.23. The largest absolute Gasteiger partial charge is 0.478 e. The molecular formula is C13H20N2O3S. The first-order valence-electron chi connectivity index (χ1n) is 6.00. The predicted molar refractivity (Wildman–Crippen MR) is 77.3 cm³/mol. The van der Waals surface area contributed by atoms with Gasteiger partial charge in [-0.3, -0.25) is 4.21 Å². The van der Waals surface area contributed by atoms with Crippen LogP contribution in [-0.2, 0) is 16.2 Å². The maximum absolute atomic E-state index is 11.1. The molecule has 1 heterocycles. The van der Waals surface area contributed by atoms with Gasteiger partial charge in [0, 0.05) is 40.5 Å². The summed E-state index contributed by atoms with van der Waals surface area (Å²) in [4.78, 5) is 15.5. The first-order chi connectivity index (χ1) is 8.70. The molecule has 19 heavy (non-hydrogen) atoms. The molecule has 0 fully saturated rings. The molecule has 0 spiro atoms. The van der Waals surface area contributed by atoms with Gasteiger partial charge in [-0.25, -0.2) is 9.78 Å². The minimum atomic E-state index is -0.977. The van der Waals surface area contributed by atoms with Gasteiger partial charge in [-0.2, -0.15) is 0 Å². The normalized spacial score (nSPS) is 13.1. The highest BCUT2D eigenvalue weighted by molar-refractivity contribution is 7.84. The molecule has 0 aliphatic rings. The number of carboxylic acid groups (broad SMARTS) is 1. The molecule has 0 aliphatic carbocycles. The van der Waals surface area contributed by atoms with Gasteiger partial charge < -0.3 is 10.4 Å². The molecule has 0 aromatic carbocycles. The van der Waals surface area contributed by atoms with E-state index in [1.165, 1.54) is 6.07 Å². The lowest BCUT2D eigenvalue weighted by Gasteiger charge is -2.19. The van der Waals surface area contributed by atoms with Crippen LogP contribution < -0.4 is 5.32 Å². The lowest BCUT2D eigenvalue weighted by molar-refractivity contribution is 0.0696. The van der Waals surface area contributed by atoms with Crippen molar-refractivity contribution in [2.75, 3.05) is 23.9 Å². The zero-order valence-corrected chi connectivity index (χ0v) is 12.5. The van der Waals surface area contributed by atoms with Crippen molar-refractivity contribution in [3.63, 3.8) is 0 Å². The number of rotatable bonds is 5. The Morgan fingerprint density at radius 2 is 2.05 bits per heavy atom. The number of nitrogens with zero attached hydrogens (tertiary/aromatic N) is 1. The fourth-order valence-corrected chi connectivity index (χ4v) is 1.84. The maximum atomic E-state index is 11.1. The Morgan fingerprint density at radius 3 is 2.53 bits per heavy atom. The van der Waals surface area contributed by atoms with Crippen molar-refractivity contribution < 1.29 is 14.1 Å². The number of hydrogen-bond acceptors (Lipinski definition) is 4. The Balaban J connectivity index is 3.00. The molecule has 5 nitrogen and oxygen atoms in total. The molecule has 0 radical (unpaired) electrons. The zero-order valence-electron chi connectivity index (χ0n) is 11.7. The topological polar surface area (TPSA) is 79.3 Å². The number of carbonyl (C=O) groups is 1. The van der Waals surface area contributed by atoms with Gasteiger partial charge in [-0.05, 0) is 12.1 Å². The predicted octanol–water partition coefficient (Wildman–Crippen LogP) is 1.87. The van der Waals surface area contributed by atoms with Crippen LogP contribution in [0.3, 0.4) is 0 Å². The summed E-state index contributed by atoms with van der Waals surface area (Å²) in [5.41, 5.74) is 0.697. The highest BCUT2D eigenvalue weighted by atomic mass is 32.2. The number of hydrogen-bond donors (Lipinski definition) is 2. The van der Waals surface area contributed by atoms with Crippen LogP contribution in [0.25, 0.3) is 0 Å². The van der Waals surface area contributed by atoms with E-state index in [1.807, 2.05) is 20.8 Å². The molecule has 0 saturated heterocycles. The number of carboxylic acids is 1. The van der Waals surface area contributed by atoms with E-state index in [-0.39, 0.29) is 11.0 Å². The lowest BCUT2D eigenvalue weighted by atomic mass is 9.91. The molecule has 0 saturated carbocycles. The second-order valence-corrected chi connectivity index (χ2v) is 6.94. The standard InChI is InChI=1S/C13H20N2O3S/c1-13(2,3)10-7-9(12(16)17)8-11(15-10)14-5-6-19(4)18/h7-8H,5-6H2,1-4H3,(H,14,15)(H,16,17). The number of nitrogens with one attached hydrogen (secondary N) is 1. The van der Waals surface area contributed by atoms with E-state index in [1.54, 1.807) is 12.3 Å². The van der Waals surface area contributed by atoms with Crippen molar-refractivity contribution in [1.29, 1.82) is 0 Å². The lowest BCUT2D eigenvalue weighted by Crippen LogP contribution is -2.18. The van der Waals surface area contributed by atoms with Crippen LogP contribution in [0, 0.1) is 0 Å². The highest BCUT2D eigenvalue weighted by Gasteiger charge is 2.19. The van der Waals surface area contributed by atoms with Gasteiger partial charge in [0.1, 0.15) is 5.82 Å². The summed E-state index contributed by atoms with van der Waals surface area (Å²) in [7, 11) is -0.882. The minimum absolute atomic E-state index is 0.208. The molecule has 2 N–H and O–H groups in total. The van der Waals surface area contributed by atoms with Crippen molar-refractivity contribution in [2.45, 2.75) is 26.2 Å². The third-order valence-corrected chi connectivity index (χ3v) is 3.32. The summed E-state index contributed by atoms with van der Waals surface area (Å²) in [6.45, 7) is 6.44. The number of aromatic carboxylic acids is 1. The molecule has 1 rings (SSSR count). The number of aromatic nitrogens is 1. The van der Waals surface area contributed by atoms with E-state index < -0.39 is 16.8 Å². The van der Waals surface area contributed by atoms with E-state index in [9.17, 15) is 9.00 Å². The van der Waals surface area contributed by atoms with Gasteiger partial charge >= 0.3 is 5.97 Å². The van der Waals surface area contributed by atoms with Gasteiger partial charge in [-0.1, -0.05) is 20.8 Å². The van der Waals surface area contributed by atoms with Crippen molar-refractivity contribution in [2.24, 2.45) is 0 Å². The van der Waals surface area contributed by atoms with Gasteiger partial charge in [0.05, 0.1) is 5.56 Å². The molecule has 1 atom stereocenters. The Kier molecular flexibility index (Phi) is 5.05. The molecule has 0 bridgehead atoms. The Hall–Kier alpha value is -1.43. The van der Waals surface area contributed by atoms with Crippen LogP contribution in [0.15, 0.2) is 12.1 Å². The summed E-state index contributed by atoms with van der Waals surface area (Å²) in [6, 6.07) is 3.08. The molecular weight excluding hydrogens is 264 g/mol. The monoisotopic (exact) mass is 284 g/mol. The van der Waals surface area contributed by atoms with Gasteiger partial charge in [0.25, 0.3) is 0 Å². The van der Waals surface area contributed by atoms with Gasteiger partial charge in [0.2, 0.25) is 0 Å². The second kappa shape index (κ2) is 6.14. The Bertz CT molecular complexity index is 495. The molecule has 1 aromatic rings. The van der Waals surface area contributed by atoms with Crippen LogP contribution >= 0.6 is 0 Å². The minimum Gasteiger partial charge on any atom is -0.478 e. The maximum Gasteiger partial charge on any atom is 0.335 e. The first-order valence-corrected chi connectivity index (χ1v) is 7.72. The summed E-state index contributed by atoms with van der Waals surface area (Å²) >= 11 is 0. The van der Waals surface area contributed by atoms with Crippen molar-refractivity contribution in [3.8, 4) is 0 Å². The second-order valence-electron chi connectivity index (χ2n) is 5.39. The van der Waals surface area contributed by atoms with E-state index in [0.29, 0.717) is 23.8 Å². The fraction of sp³-hybridized carbons (Fsp3) is 0.538. The number of anilines is 1. The van der Waals surface area contributed by atoms with Crippen LogP contribution in [0.4, 0.5) is 5.82 Å². The zero-order chi connectivity index (χ0) is 14.6. The molecule has 0 amide bonds. The third-order valence-electron chi connectivity index (χ3n) is 2.54. The van der Waals surface area contributed by atoms with Crippen LogP contribution in [0.1, 0.15) is 36.8 Å². The van der Waals surface area contributed by atoms with Crippen LogP contribution in [0.5, 0.6) is 0 Å². The number of pyridine rings is 1. The van der Waals surface area contributed by atoms with Gasteiger partial charge in [0.15, 0.2) is 0 Å². The van der Waals surface area contributed by atoms with Crippen LogP contribution in [-0.4, -0.2) is 38.8 Å².